The Balaban J connectivity index is 2.29. The van der Waals surface area contributed by atoms with Crippen LogP contribution in [0.5, 0.6) is 0 Å². The molecule has 14 heavy (non-hydrogen) atoms. The molecule has 0 radical (unpaired) electrons. The van der Waals surface area contributed by atoms with Crippen LogP contribution in [0, 0.1) is 17.8 Å². The predicted molar refractivity (Wildman–Crippen MR) is 57.8 cm³/mol. The number of hydrogen-bond donors (Lipinski definition) is 2. The number of ether oxygens (including phenoxy) is 1. The summed E-state index contributed by atoms with van der Waals surface area (Å²) in [6, 6.07) is 0.494. The molecule has 1 saturated heterocycles. The normalized spacial score (nSPS) is 28.4. The highest BCUT2D eigenvalue weighted by Crippen LogP contribution is 2.20. The largest absolute Gasteiger partial charge is 0.349 e. The Morgan fingerprint density at radius 3 is 2.50 bits per heavy atom. The van der Waals surface area contributed by atoms with Crippen molar-refractivity contribution in [1.82, 2.24) is 10.6 Å². The van der Waals surface area contributed by atoms with Crippen molar-refractivity contribution in [3.63, 3.8) is 0 Å². The monoisotopic (exact) mass is 196 g/mol. The Morgan fingerprint density at radius 2 is 2.07 bits per heavy atom. The molecule has 1 aliphatic heterocycles. The van der Waals surface area contributed by atoms with E-state index in [9.17, 15) is 0 Å². The van der Waals surface area contributed by atoms with Gasteiger partial charge in [0.25, 0.3) is 0 Å². The average molecular weight is 196 g/mol. The average Bonchev–Trinajstić information content (AvgIpc) is 2.14. The zero-order valence-corrected chi connectivity index (χ0v) is 9.26. The van der Waals surface area contributed by atoms with Crippen LogP contribution in [0.25, 0.3) is 0 Å². The molecule has 0 bridgehead atoms. The first-order chi connectivity index (χ1) is 6.54. The van der Waals surface area contributed by atoms with Crippen molar-refractivity contribution >= 4 is 0 Å². The van der Waals surface area contributed by atoms with Crippen molar-refractivity contribution < 1.29 is 4.74 Å². The van der Waals surface area contributed by atoms with Crippen LogP contribution in [0.15, 0.2) is 0 Å². The van der Waals surface area contributed by atoms with E-state index in [1.54, 1.807) is 0 Å². The lowest BCUT2D eigenvalue weighted by Gasteiger charge is -2.38. The highest BCUT2D eigenvalue weighted by atomic mass is 16.5. The highest BCUT2D eigenvalue weighted by molar-refractivity contribution is 4.88. The van der Waals surface area contributed by atoms with Gasteiger partial charge in [0, 0.05) is 19.1 Å². The van der Waals surface area contributed by atoms with Crippen LogP contribution in [0.3, 0.4) is 0 Å². The summed E-state index contributed by atoms with van der Waals surface area (Å²) in [5.41, 5.74) is 0.282. The second-order valence-electron chi connectivity index (χ2n) is 4.74. The van der Waals surface area contributed by atoms with Gasteiger partial charge in [0.05, 0.1) is 0 Å². The summed E-state index contributed by atoms with van der Waals surface area (Å²) < 4.78 is 5.38. The van der Waals surface area contributed by atoms with E-state index in [0.29, 0.717) is 12.6 Å². The smallest absolute Gasteiger partial charge is 0.122 e. The Bertz CT molecular complexity index is 206. The maximum Gasteiger partial charge on any atom is 0.122 e. The first-order valence-corrected chi connectivity index (χ1v) is 5.06. The molecule has 0 aromatic carbocycles. The molecular formula is C11H20N2O. The molecule has 2 unspecified atom stereocenters. The van der Waals surface area contributed by atoms with Crippen LogP contribution in [0.1, 0.15) is 20.8 Å². The Morgan fingerprint density at radius 1 is 1.36 bits per heavy atom. The van der Waals surface area contributed by atoms with E-state index in [2.05, 4.69) is 37.3 Å². The summed E-state index contributed by atoms with van der Waals surface area (Å²) in [5.74, 6) is 2.47. The number of terminal acetylenes is 1. The van der Waals surface area contributed by atoms with E-state index in [1.165, 1.54) is 0 Å². The zero-order chi connectivity index (χ0) is 10.6. The van der Waals surface area contributed by atoms with Crippen molar-refractivity contribution in [2.24, 2.45) is 5.41 Å². The standard InChI is InChI=1S/C11H20N2O/c1-5-6-14-10-8-12-9(7-13-10)11(2,3)4/h1,9-10,12-13H,6-8H2,2-4H3. The van der Waals surface area contributed by atoms with Crippen LogP contribution in [-0.2, 0) is 4.74 Å². The minimum absolute atomic E-state index is 0.0599. The summed E-state index contributed by atoms with van der Waals surface area (Å²) in [4.78, 5) is 0. The summed E-state index contributed by atoms with van der Waals surface area (Å²) >= 11 is 0. The van der Waals surface area contributed by atoms with E-state index in [1.807, 2.05) is 0 Å². The molecule has 0 aromatic heterocycles. The van der Waals surface area contributed by atoms with Gasteiger partial charge in [0.1, 0.15) is 12.8 Å². The third-order valence-electron chi connectivity index (χ3n) is 2.51. The summed E-state index contributed by atoms with van der Waals surface area (Å²) in [5, 5.41) is 6.79. The van der Waals surface area contributed by atoms with Crippen molar-refractivity contribution in [3.05, 3.63) is 0 Å². The molecular weight excluding hydrogens is 176 g/mol. The molecule has 3 heteroatoms. The van der Waals surface area contributed by atoms with E-state index in [4.69, 9.17) is 11.2 Å². The first-order valence-electron chi connectivity index (χ1n) is 5.06. The fraction of sp³-hybridized carbons (Fsp3) is 0.818. The quantitative estimate of drug-likeness (QED) is 0.634. The second-order valence-corrected chi connectivity index (χ2v) is 4.74. The van der Waals surface area contributed by atoms with E-state index >= 15 is 0 Å². The fourth-order valence-electron chi connectivity index (χ4n) is 1.52. The molecule has 0 amide bonds. The van der Waals surface area contributed by atoms with E-state index in [0.717, 1.165) is 13.1 Å². The molecule has 0 aromatic rings. The minimum atomic E-state index is 0.0599. The number of nitrogens with one attached hydrogen (secondary N) is 2. The summed E-state index contributed by atoms with van der Waals surface area (Å²) in [6.07, 6.45) is 5.18. The van der Waals surface area contributed by atoms with E-state index < -0.39 is 0 Å². The molecule has 80 valence electrons. The molecule has 3 nitrogen and oxygen atoms in total. The molecule has 1 heterocycles. The SMILES string of the molecule is C#CCOC1CNC(C(C)(C)C)CN1. The van der Waals surface area contributed by atoms with Gasteiger partial charge in [-0.3, -0.25) is 5.32 Å². The second kappa shape index (κ2) is 4.79. The van der Waals surface area contributed by atoms with Crippen LogP contribution in [0.2, 0.25) is 0 Å². The molecule has 1 fully saturated rings. The molecule has 1 aliphatic rings. The van der Waals surface area contributed by atoms with Crippen molar-refractivity contribution in [2.75, 3.05) is 19.7 Å². The predicted octanol–water partition coefficient (Wildman–Crippen LogP) is 0.570. The Labute approximate surface area is 86.6 Å². The van der Waals surface area contributed by atoms with Gasteiger partial charge >= 0.3 is 0 Å². The molecule has 2 N–H and O–H groups in total. The lowest BCUT2D eigenvalue weighted by atomic mass is 9.86. The van der Waals surface area contributed by atoms with Gasteiger partial charge in [-0.15, -0.1) is 6.42 Å². The van der Waals surface area contributed by atoms with Gasteiger partial charge in [-0.1, -0.05) is 26.7 Å². The van der Waals surface area contributed by atoms with Gasteiger partial charge in [-0.2, -0.15) is 0 Å². The number of piperazine rings is 1. The third kappa shape index (κ3) is 3.30. The lowest BCUT2D eigenvalue weighted by molar-refractivity contribution is 0.0220. The van der Waals surface area contributed by atoms with E-state index in [-0.39, 0.29) is 11.6 Å². The molecule has 0 saturated carbocycles. The topological polar surface area (TPSA) is 33.3 Å². The van der Waals surface area contributed by atoms with Gasteiger partial charge < -0.3 is 10.1 Å². The molecule has 1 rings (SSSR count). The maximum atomic E-state index is 5.38. The van der Waals surface area contributed by atoms with Crippen LogP contribution >= 0.6 is 0 Å². The van der Waals surface area contributed by atoms with Gasteiger partial charge in [-0.25, -0.2) is 0 Å². The zero-order valence-electron chi connectivity index (χ0n) is 9.26. The molecule has 0 aliphatic carbocycles. The lowest BCUT2D eigenvalue weighted by Crippen LogP contribution is -2.59. The van der Waals surface area contributed by atoms with Crippen molar-refractivity contribution in [3.8, 4) is 12.3 Å². The van der Waals surface area contributed by atoms with Crippen molar-refractivity contribution in [1.29, 1.82) is 0 Å². The van der Waals surface area contributed by atoms with Crippen LogP contribution in [0.4, 0.5) is 0 Å². The summed E-state index contributed by atoms with van der Waals surface area (Å²) in [7, 11) is 0. The van der Waals surface area contributed by atoms with Crippen LogP contribution < -0.4 is 10.6 Å². The maximum absolute atomic E-state index is 5.38. The molecule has 0 spiro atoms. The minimum Gasteiger partial charge on any atom is -0.349 e. The van der Waals surface area contributed by atoms with Crippen LogP contribution in [-0.4, -0.2) is 32.0 Å². The third-order valence-corrected chi connectivity index (χ3v) is 2.51. The van der Waals surface area contributed by atoms with Gasteiger partial charge in [0.2, 0.25) is 0 Å². The first kappa shape index (κ1) is 11.5. The number of rotatable bonds is 2. The highest BCUT2D eigenvalue weighted by Gasteiger charge is 2.28. The summed E-state index contributed by atoms with van der Waals surface area (Å²) in [6.45, 7) is 8.82. The Hall–Kier alpha value is -0.560. The van der Waals surface area contributed by atoms with Gasteiger partial charge in [0.15, 0.2) is 0 Å². The van der Waals surface area contributed by atoms with Gasteiger partial charge in [-0.05, 0) is 5.41 Å². The fourth-order valence-corrected chi connectivity index (χ4v) is 1.52. The van der Waals surface area contributed by atoms with Crippen molar-refractivity contribution in [2.45, 2.75) is 33.0 Å². The Kier molecular flexibility index (Phi) is 3.94. The molecule has 2 atom stereocenters. The number of hydrogen-bond acceptors (Lipinski definition) is 3.